The highest BCUT2D eigenvalue weighted by atomic mass is 16.6. The summed E-state index contributed by atoms with van der Waals surface area (Å²) < 4.78 is 4.65. The Labute approximate surface area is 64.6 Å². The lowest BCUT2D eigenvalue weighted by Crippen LogP contribution is -2.58. The van der Waals surface area contributed by atoms with Crippen LogP contribution >= 0.6 is 0 Å². The van der Waals surface area contributed by atoms with Gasteiger partial charge >= 0.3 is 0 Å². The summed E-state index contributed by atoms with van der Waals surface area (Å²) in [5.74, 6) is 0. The van der Waals surface area contributed by atoms with Crippen molar-refractivity contribution in [2.45, 2.75) is 24.5 Å². The number of likely N-dealkylation sites (N-methyl/N-ethyl adjacent to an activating group) is 1. The molecule has 0 aromatic rings. The van der Waals surface area contributed by atoms with Gasteiger partial charge in [-0.25, -0.2) is 0 Å². The first-order chi connectivity index (χ1) is 5.16. The van der Waals surface area contributed by atoms with Gasteiger partial charge in [0.2, 0.25) is 0 Å². The Bertz CT molecular complexity index is 132. The number of hydrogen-bond donors (Lipinski definition) is 4. The molecule has 4 N–H and O–H groups in total. The van der Waals surface area contributed by atoms with Gasteiger partial charge < -0.3 is 25.4 Å². The number of hydrogen-bond acceptors (Lipinski definition) is 5. The van der Waals surface area contributed by atoms with Crippen LogP contribution < -0.4 is 5.32 Å². The molecule has 1 heterocycles. The highest BCUT2D eigenvalue weighted by molar-refractivity contribution is 4.86. The molecule has 5 nitrogen and oxygen atoms in total. The van der Waals surface area contributed by atoms with Crippen molar-refractivity contribution >= 4 is 0 Å². The number of nitrogens with one attached hydrogen (secondary N) is 1. The fourth-order valence-corrected chi connectivity index (χ4v) is 1.17. The summed E-state index contributed by atoms with van der Waals surface area (Å²) in [7, 11) is 1.61. The third-order valence-corrected chi connectivity index (χ3v) is 1.85. The summed E-state index contributed by atoms with van der Waals surface area (Å²) in [5.41, 5.74) is 0. The Kier molecular flexibility index (Phi) is 2.80. The number of aliphatic hydroxyl groups is 3. The van der Waals surface area contributed by atoms with Crippen LogP contribution in [-0.4, -0.2) is 53.5 Å². The molecule has 0 radical (unpaired) electrons. The predicted molar refractivity (Wildman–Crippen MR) is 36.8 cm³/mol. The first-order valence-corrected chi connectivity index (χ1v) is 3.50. The molecule has 1 saturated heterocycles. The van der Waals surface area contributed by atoms with Gasteiger partial charge in [0.15, 0.2) is 6.29 Å². The highest BCUT2D eigenvalue weighted by Crippen LogP contribution is 2.12. The lowest BCUT2D eigenvalue weighted by atomic mass is 10.0. The molecule has 5 heteroatoms. The summed E-state index contributed by atoms with van der Waals surface area (Å²) in [6.45, 7) is 0.0454. The van der Waals surface area contributed by atoms with Gasteiger partial charge in [-0.15, -0.1) is 0 Å². The van der Waals surface area contributed by atoms with Crippen LogP contribution in [0.4, 0.5) is 0 Å². The molecule has 1 rings (SSSR count). The summed E-state index contributed by atoms with van der Waals surface area (Å²) in [4.78, 5) is 0. The van der Waals surface area contributed by atoms with E-state index in [4.69, 9.17) is 5.11 Å². The molecule has 0 unspecified atom stereocenters. The van der Waals surface area contributed by atoms with E-state index in [2.05, 4.69) is 10.1 Å². The molecule has 0 spiro atoms. The molecule has 0 aromatic heterocycles. The van der Waals surface area contributed by atoms with E-state index in [0.29, 0.717) is 0 Å². The maximum atomic E-state index is 9.21. The van der Waals surface area contributed by atoms with Crippen LogP contribution in [0.2, 0.25) is 0 Å². The zero-order chi connectivity index (χ0) is 8.43. The molecular formula is C6H13NO4. The van der Waals surface area contributed by atoms with E-state index in [-0.39, 0.29) is 6.61 Å². The Balaban J connectivity index is 2.55. The maximum absolute atomic E-state index is 9.21. The predicted octanol–water partition coefficient (Wildman–Crippen LogP) is -2.36. The minimum absolute atomic E-state index is 0.0454. The zero-order valence-corrected chi connectivity index (χ0v) is 6.27. The zero-order valence-electron chi connectivity index (χ0n) is 6.27. The van der Waals surface area contributed by atoms with Crippen LogP contribution in [0.3, 0.4) is 0 Å². The molecule has 1 fully saturated rings. The van der Waals surface area contributed by atoms with Gasteiger partial charge in [0.05, 0.1) is 18.8 Å². The van der Waals surface area contributed by atoms with Gasteiger partial charge in [0.1, 0.15) is 6.10 Å². The van der Waals surface area contributed by atoms with Crippen molar-refractivity contribution in [3.8, 4) is 0 Å². The van der Waals surface area contributed by atoms with Crippen molar-refractivity contribution < 1.29 is 20.1 Å². The smallest absolute Gasteiger partial charge is 0.182 e. The molecule has 1 aliphatic rings. The van der Waals surface area contributed by atoms with E-state index in [9.17, 15) is 10.2 Å². The normalized spacial score (nSPS) is 45.8. The average Bonchev–Trinajstić information content (AvgIpc) is 1.99. The summed E-state index contributed by atoms with van der Waals surface area (Å²) in [6.07, 6.45) is -3.03. The second-order valence-corrected chi connectivity index (χ2v) is 2.60. The van der Waals surface area contributed by atoms with Crippen molar-refractivity contribution in [3.05, 3.63) is 0 Å². The fraction of sp³-hybridized carbons (Fsp3) is 1.00. The molecule has 0 aromatic carbocycles. The van der Waals surface area contributed by atoms with Gasteiger partial charge in [-0.3, -0.25) is 0 Å². The second kappa shape index (κ2) is 3.46. The molecular weight excluding hydrogens is 150 g/mol. The third kappa shape index (κ3) is 1.69. The van der Waals surface area contributed by atoms with E-state index < -0.39 is 24.5 Å². The van der Waals surface area contributed by atoms with Crippen LogP contribution in [0.1, 0.15) is 0 Å². The standard InChI is InChI=1S/C6H13NO4/c1-7-4-3(8)2-11-6(10)5(4)9/h3-10H,2H2,1H3/t3-,4-,5+,6+/m1/s1. The average molecular weight is 163 g/mol. The van der Waals surface area contributed by atoms with Crippen molar-refractivity contribution in [1.82, 2.24) is 5.32 Å². The van der Waals surface area contributed by atoms with Crippen molar-refractivity contribution in [3.63, 3.8) is 0 Å². The second-order valence-electron chi connectivity index (χ2n) is 2.60. The molecule has 66 valence electrons. The molecule has 1 aliphatic heterocycles. The fourth-order valence-electron chi connectivity index (χ4n) is 1.17. The van der Waals surface area contributed by atoms with E-state index in [1.807, 2.05) is 0 Å². The maximum Gasteiger partial charge on any atom is 0.182 e. The van der Waals surface area contributed by atoms with Crippen LogP contribution in [0, 0.1) is 0 Å². The van der Waals surface area contributed by atoms with E-state index >= 15 is 0 Å². The summed E-state index contributed by atoms with van der Waals surface area (Å²) in [6, 6.07) is -0.515. The molecule has 0 bridgehead atoms. The first kappa shape index (κ1) is 8.89. The Morgan fingerprint density at radius 3 is 2.45 bits per heavy atom. The molecule has 0 amide bonds. The van der Waals surface area contributed by atoms with E-state index in [0.717, 1.165) is 0 Å². The SMILES string of the molecule is CN[C@H]1[C@H](O)[C@@H](O)OC[C@H]1O. The van der Waals surface area contributed by atoms with Gasteiger partial charge in [0.25, 0.3) is 0 Å². The van der Waals surface area contributed by atoms with Crippen molar-refractivity contribution in [2.75, 3.05) is 13.7 Å². The lowest BCUT2D eigenvalue weighted by Gasteiger charge is -2.35. The van der Waals surface area contributed by atoms with Crippen LogP contribution in [0.5, 0.6) is 0 Å². The summed E-state index contributed by atoms with van der Waals surface area (Å²) in [5, 5.41) is 30.1. The monoisotopic (exact) mass is 163 g/mol. The van der Waals surface area contributed by atoms with Gasteiger partial charge in [-0.2, -0.15) is 0 Å². The van der Waals surface area contributed by atoms with Crippen molar-refractivity contribution in [2.24, 2.45) is 0 Å². The Morgan fingerprint density at radius 2 is 2.00 bits per heavy atom. The lowest BCUT2D eigenvalue weighted by molar-refractivity contribution is -0.223. The molecule has 4 atom stereocenters. The Hall–Kier alpha value is -0.200. The van der Waals surface area contributed by atoms with Crippen LogP contribution in [-0.2, 0) is 4.74 Å². The quantitative estimate of drug-likeness (QED) is 0.348. The van der Waals surface area contributed by atoms with Gasteiger partial charge in [-0.05, 0) is 7.05 Å². The topological polar surface area (TPSA) is 82.0 Å². The summed E-state index contributed by atoms with van der Waals surface area (Å²) >= 11 is 0. The Morgan fingerprint density at radius 1 is 1.36 bits per heavy atom. The van der Waals surface area contributed by atoms with Crippen LogP contribution in [0.25, 0.3) is 0 Å². The van der Waals surface area contributed by atoms with Crippen molar-refractivity contribution in [1.29, 1.82) is 0 Å². The minimum atomic E-state index is -1.20. The molecule has 11 heavy (non-hydrogen) atoms. The van der Waals surface area contributed by atoms with E-state index in [1.165, 1.54) is 0 Å². The largest absolute Gasteiger partial charge is 0.389 e. The minimum Gasteiger partial charge on any atom is -0.389 e. The van der Waals surface area contributed by atoms with Gasteiger partial charge in [-0.1, -0.05) is 0 Å². The molecule has 0 saturated carbocycles. The number of rotatable bonds is 1. The highest BCUT2D eigenvalue weighted by Gasteiger charge is 2.36. The van der Waals surface area contributed by atoms with Crippen LogP contribution in [0.15, 0.2) is 0 Å². The number of ether oxygens (including phenoxy) is 1. The first-order valence-electron chi connectivity index (χ1n) is 3.50. The van der Waals surface area contributed by atoms with Gasteiger partial charge in [0, 0.05) is 0 Å². The third-order valence-electron chi connectivity index (χ3n) is 1.85. The molecule has 0 aliphatic carbocycles. The number of aliphatic hydroxyl groups excluding tert-OH is 3. The van der Waals surface area contributed by atoms with E-state index in [1.54, 1.807) is 7.05 Å².